The van der Waals surface area contributed by atoms with Crippen LogP contribution in [0.2, 0.25) is 0 Å². The number of amides is 1. The molecule has 1 rings (SSSR count). The van der Waals surface area contributed by atoms with Gasteiger partial charge in [-0.25, -0.2) is 4.79 Å². The maximum Gasteiger partial charge on any atom is 0.410 e. The first-order chi connectivity index (χ1) is 8.65. The summed E-state index contributed by atoms with van der Waals surface area (Å²) in [6.07, 6.45) is -1.56. The lowest BCUT2D eigenvalue weighted by atomic mass is 9.91. The maximum atomic E-state index is 11.9. The zero-order chi connectivity index (χ0) is 14.8. The number of β-amino-alcohol motifs (C(OH)–C–C–N with tert-alkyl or cyclic N) is 1. The molecular weight excluding hydrogens is 252 g/mol. The molecule has 0 aromatic carbocycles. The minimum atomic E-state index is -0.981. The van der Waals surface area contributed by atoms with Gasteiger partial charge in [-0.2, -0.15) is 0 Å². The van der Waals surface area contributed by atoms with Gasteiger partial charge in [-0.3, -0.25) is 4.79 Å². The third kappa shape index (κ3) is 4.07. The van der Waals surface area contributed by atoms with Gasteiger partial charge in [0.2, 0.25) is 0 Å². The predicted octanol–water partition coefficient (Wildman–Crippen LogP) is -0.285. The molecule has 0 radical (unpaired) electrons. The number of nitrogens with zero attached hydrogens (tertiary/aromatic N) is 1. The molecule has 1 heterocycles. The molecule has 1 unspecified atom stereocenters. The van der Waals surface area contributed by atoms with Crippen LogP contribution in [0.4, 0.5) is 4.79 Å². The molecule has 19 heavy (non-hydrogen) atoms. The molecule has 3 N–H and O–H groups in total. The fourth-order valence-electron chi connectivity index (χ4n) is 1.91. The van der Waals surface area contributed by atoms with Gasteiger partial charge in [-0.05, 0) is 20.8 Å². The quantitative estimate of drug-likeness (QED) is 0.637. The number of nitrogens with two attached hydrogens (primary N) is 1. The summed E-state index contributed by atoms with van der Waals surface area (Å²) in [7, 11) is 1.24. The van der Waals surface area contributed by atoms with Crippen LogP contribution in [0.1, 0.15) is 20.8 Å². The molecule has 0 saturated carbocycles. The van der Waals surface area contributed by atoms with Crippen molar-refractivity contribution in [1.29, 1.82) is 0 Å². The number of rotatable bonds is 1. The first kappa shape index (κ1) is 15.7. The number of aliphatic hydroxyl groups excluding tert-OH is 1. The van der Waals surface area contributed by atoms with Gasteiger partial charge in [-0.1, -0.05) is 0 Å². The molecule has 0 aromatic rings. The fourth-order valence-corrected chi connectivity index (χ4v) is 1.91. The number of piperidine rings is 1. The predicted molar refractivity (Wildman–Crippen MR) is 67.3 cm³/mol. The van der Waals surface area contributed by atoms with E-state index in [9.17, 15) is 14.7 Å². The number of aliphatic hydroxyl groups is 1. The number of ether oxygens (including phenoxy) is 2. The number of hydrogen-bond donors (Lipinski definition) is 2. The molecule has 0 aromatic heterocycles. The van der Waals surface area contributed by atoms with Gasteiger partial charge < -0.3 is 25.2 Å². The standard InChI is InChI=1S/C12H22N2O5/c1-12(2,3)19-11(17)14-5-7(10(16)18-4)9(13)8(15)6-14/h7-9,15H,5-6,13H2,1-4H3/t7?,8-,9-/m1/s1. The topological polar surface area (TPSA) is 102 Å². The normalized spacial score (nSPS) is 27.9. The number of likely N-dealkylation sites (tertiary alicyclic amines) is 1. The Morgan fingerprint density at radius 3 is 2.37 bits per heavy atom. The van der Waals surface area contributed by atoms with Gasteiger partial charge in [0.25, 0.3) is 0 Å². The van der Waals surface area contributed by atoms with Crippen molar-refractivity contribution in [2.24, 2.45) is 11.7 Å². The lowest BCUT2D eigenvalue weighted by Crippen LogP contribution is -2.60. The van der Waals surface area contributed by atoms with E-state index in [4.69, 9.17) is 10.5 Å². The SMILES string of the molecule is COC(=O)C1CN(C(=O)OC(C)(C)C)C[C@@H](O)[C@@H]1N. The van der Waals surface area contributed by atoms with Crippen molar-refractivity contribution >= 4 is 12.1 Å². The minimum Gasteiger partial charge on any atom is -0.469 e. The Labute approximate surface area is 112 Å². The van der Waals surface area contributed by atoms with E-state index in [2.05, 4.69) is 4.74 Å². The summed E-state index contributed by atoms with van der Waals surface area (Å²) in [5.41, 5.74) is 5.12. The first-order valence-electron chi connectivity index (χ1n) is 6.15. The van der Waals surface area contributed by atoms with E-state index in [1.165, 1.54) is 12.0 Å². The summed E-state index contributed by atoms with van der Waals surface area (Å²) in [6.45, 7) is 5.36. The van der Waals surface area contributed by atoms with Gasteiger partial charge in [0.05, 0.1) is 25.7 Å². The van der Waals surface area contributed by atoms with Gasteiger partial charge in [-0.15, -0.1) is 0 Å². The van der Waals surface area contributed by atoms with E-state index in [0.29, 0.717) is 0 Å². The van der Waals surface area contributed by atoms with Crippen LogP contribution in [-0.4, -0.2) is 60.0 Å². The van der Waals surface area contributed by atoms with Gasteiger partial charge in [0, 0.05) is 12.6 Å². The highest BCUT2D eigenvalue weighted by molar-refractivity contribution is 5.76. The molecule has 1 saturated heterocycles. The number of hydrogen-bond acceptors (Lipinski definition) is 6. The third-order valence-electron chi connectivity index (χ3n) is 2.89. The van der Waals surface area contributed by atoms with E-state index in [1.807, 2.05) is 0 Å². The molecule has 1 aliphatic rings. The van der Waals surface area contributed by atoms with E-state index >= 15 is 0 Å². The molecule has 0 bridgehead atoms. The molecule has 7 heteroatoms. The summed E-state index contributed by atoms with van der Waals surface area (Å²) in [5.74, 6) is -1.29. The van der Waals surface area contributed by atoms with Gasteiger partial charge in [0.1, 0.15) is 5.60 Å². The number of methoxy groups -OCH3 is 1. The molecule has 1 fully saturated rings. The van der Waals surface area contributed by atoms with Crippen molar-refractivity contribution in [2.75, 3.05) is 20.2 Å². The summed E-state index contributed by atoms with van der Waals surface area (Å²) in [5, 5.41) is 9.83. The Bertz CT molecular complexity index is 353. The van der Waals surface area contributed by atoms with Crippen LogP contribution in [0.25, 0.3) is 0 Å². The largest absolute Gasteiger partial charge is 0.469 e. The van der Waals surface area contributed by atoms with Crippen molar-refractivity contribution in [3.8, 4) is 0 Å². The molecule has 110 valence electrons. The van der Waals surface area contributed by atoms with Crippen LogP contribution in [-0.2, 0) is 14.3 Å². The molecule has 0 spiro atoms. The average Bonchev–Trinajstić information content (AvgIpc) is 2.29. The van der Waals surface area contributed by atoms with Crippen LogP contribution < -0.4 is 5.73 Å². The summed E-state index contributed by atoms with van der Waals surface area (Å²) in [6, 6.07) is -0.744. The van der Waals surface area contributed by atoms with Crippen molar-refractivity contribution in [3.63, 3.8) is 0 Å². The first-order valence-corrected chi connectivity index (χ1v) is 6.15. The second-order valence-electron chi connectivity index (χ2n) is 5.66. The van der Waals surface area contributed by atoms with Crippen LogP contribution >= 0.6 is 0 Å². The highest BCUT2D eigenvalue weighted by atomic mass is 16.6. The smallest absolute Gasteiger partial charge is 0.410 e. The zero-order valence-corrected chi connectivity index (χ0v) is 11.8. The highest BCUT2D eigenvalue weighted by Crippen LogP contribution is 2.20. The monoisotopic (exact) mass is 274 g/mol. The molecule has 0 aliphatic carbocycles. The van der Waals surface area contributed by atoms with E-state index in [1.54, 1.807) is 20.8 Å². The van der Waals surface area contributed by atoms with Crippen molar-refractivity contribution < 1.29 is 24.2 Å². The fraction of sp³-hybridized carbons (Fsp3) is 0.833. The Balaban J connectivity index is 2.76. The second-order valence-corrected chi connectivity index (χ2v) is 5.66. The summed E-state index contributed by atoms with van der Waals surface area (Å²) in [4.78, 5) is 24.8. The molecule has 7 nitrogen and oxygen atoms in total. The molecule has 1 aliphatic heterocycles. The van der Waals surface area contributed by atoms with Crippen LogP contribution in [0.15, 0.2) is 0 Å². The van der Waals surface area contributed by atoms with Crippen LogP contribution in [0.5, 0.6) is 0 Å². The van der Waals surface area contributed by atoms with E-state index in [0.717, 1.165) is 0 Å². The van der Waals surface area contributed by atoms with Gasteiger partial charge in [0.15, 0.2) is 0 Å². The average molecular weight is 274 g/mol. The van der Waals surface area contributed by atoms with Crippen molar-refractivity contribution in [2.45, 2.75) is 38.5 Å². The minimum absolute atomic E-state index is 0.0452. The zero-order valence-electron chi connectivity index (χ0n) is 11.8. The summed E-state index contributed by atoms with van der Waals surface area (Å²) >= 11 is 0. The lowest BCUT2D eigenvalue weighted by molar-refractivity contribution is -0.150. The lowest BCUT2D eigenvalue weighted by Gasteiger charge is -2.39. The molecule has 1 amide bonds. The van der Waals surface area contributed by atoms with Crippen molar-refractivity contribution in [1.82, 2.24) is 4.90 Å². The van der Waals surface area contributed by atoms with Gasteiger partial charge >= 0.3 is 12.1 Å². The Kier molecular flexibility index (Phi) is 4.75. The van der Waals surface area contributed by atoms with Crippen LogP contribution in [0.3, 0.4) is 0 Å². The van der Waals surface area contributed by atoms with E-state index in [-0.39, 0.29) is 13.1 Å². The highest BCUT2D eigenvalue weighted by Gasteiger charge is 2.41. The second kappa shape index (κ2) is 5.75. The van der Waals surface area contributed by atoms with E-state index < -0.39 is 35.7 Å². The third-order valence-corrected chi connectivity index (χ3v) is 2.89. The Hall–Kier alpha value is -1.34. The molecule has 3 atom stereocenters. The number of carbonyl (C=O) groups is 2. The van der Waals surface area contributed by atoms with Crippen LogP contribution in [0, 0.1) is 5.92 Å². The van der Waals surface area contributed by atoms with Crippen molar-refractivity contribution in [3.05, 3.63) is 0 Å². The number of carbonyl (C=O) groups excluding carboxylic acids is 2. The molecular formula is C12H22N2O5. The summed E-state index contributed by atoms with van der Waals surface area (Å²) < 4.78 is 9.83. The maximum absolute atomic E-state index is 11.9. The Morgan fingerprint density at radius 1 is 1.32 bits per heavy atom. The Morgan fingerprint density at radius 2 is 1.89 bits per heavy atom. The number of esters is 1.